The summed E-state index contributed by atoms with van der Waals surface area (Å²) in [5.74, 6) is -0.282. The van der Waals surface area contributed by atoms with Crippen molar-refractivity contribution >= 4 is 5.97 Å². The molecule has 0 aliphatic heterocycles. The van der Waals surface area contributed by atoms with Crippen molar-refractivity contribution in [2.45, 2.75) is 77.9 Å². The predicted molar refractivity (Wildman–Crippen MR) is 67.2 cm³/mol. The van der Waals surface area contributed by atoms with E-state index in [1.54, 1.807) is 6.92 Å². The fourth-order valence-corrected chi connectivity index (χ4v) is 1.34. The molecule has 0 aromatic rings. The van der Waals surface area contributed by atoms with Gasteiger partial charge in [-0.05, 0) is 39.5 Å². The first kappa shape index (κ1) is 15.4. The Morgan fingerprint density at radius 2 is 1.75 bits per heavy atom. The maximum absolute atomic E-state index is 11.9. The van der Waals surface area contributed by atoms with E-state index in [4.69, 9.17) is 10.5 Å². The van der Waals surface area contributed by atoms with Gasteiger partial charge in [0.25, 0.3) is 0 Å². The van der Waals surface area contributed by atoms with Gasteiger partial charge in [-0.3, -0.25) is 4.79 Å². The SMILES string of the molecule is CCCCC(C)(CC)OC(=O)C(C)(N)CC. The normalized spacial score (nSPS) is 18.6. The second kappa shape index (κ2) is 6.24. The van der Waals surface area contributed by atoms with Crippen molar-refractivity contribution in [1.29, 1.82) is 0 Å². The van der Waals surface area contributed by atoms with Crippen LogP contribution in [0.15, 0.2) is 0 Å². The number of carbonyl (C=O) groups is 1. The van der Waals surface area contributed by atoms with Crippen LogP contribution in [0, 0.1) is 0 Å². The molecule has 3 nitrogen and oxygen atoms in total. The Bertz CT molecular complexity index is 226. The van der Waals surface area contributed by atoms with E-state index in [2.05, 4.69) is 6.92 Å². The molecule has 0 radical (unpaired) electrons. The number of ether oxygens (including phenoxy) is 1. The van der Waals surface area contributed by atoms with Gasteiger partial charge in [-0.1, -0.05) is 27.2 Å². The second-order valence-electron chi connectivity index (χ2n) is 5.07. The summed E-state index contributed by atoms with van der Waals surface area (Å²) in [5.41, 5.74) is 4.66. The fourth-order valence-electron chi connectivity index (χ4n) is 1.34. The lowest BCUT2D eigenvalue weighted by molar-refractivity contribution is -0.165. The van der Waals surface area contributed by atoms with Crippen molar-refractivity contribution in [2.24, 2.45) is 5.73 Å². The number of hydrogen-bond donors (Lipinski definition) is 1. The number of esters is 1. The van der Waals surface area contributed by atoms with E-state index in [9.17, 15) is 4.79 Å². The molecule has 0 heterocycles. The molecule has 0 rings (SSSR count). The average molecular weight is 229 g/mol. The second-order valence-corrected chi connectivity index (χ2v) is 5.07. The summed E-state index contributed by atoms with van der Waals surface area (Å²) in [7, 11) is 0. The van der Waals surface area contributed by atoms with Crippen LogP contribution in [0.1, 0.15) is 66.7 Å². The van der Waals surface area contributed by atoms with Gasteiger partial charge in [-0.15, -0.1) is 0 Å². The lowest BCUT2D eigenvalue weighted by Gasteiger charge is -2.32. The number of hydrogen-bond acceptors (Lipinski definition) is 3. The minimum atomic E-state index is -0.858. The van der Waals surface area contributed by atoms with Crippen LogP contribution in [-0.4, -0.2) is 17.1 Å². The molecule has 0 aliphatic rings. The third-order valence-corrected chi connectivity index (χ3v) is 3.35. The lowest BCUT2D eigenvalue weighted by atomic mass is 9.94. The van der Waals surface area contributed by atoms with E-state index >= 15 is 0 Å². The van der Waals surface area contributed by atoms with Gasteiger partial charge in [-0.2, -0.15) is 0 Å². The first-order valence-corrected chi connectivity index (χ1v) is 6.33. The molecule has 16 heavy (non-hydrogen) atoms. The highest BCUT2D eigenvalue weighted by atomic mass is 16.6. The molecule has 3 heteroatoms. The summed E-state index contributed by atoms with van der Waals surface area (Å²) in [5, 5.41) is 0. The monoisotopic (exact) mass is 229 g/mol. The predicted octanol–water partition coefficient (Wildman–Crippen LogP) is 3.02. The Hall–Kier alpha value is -0.570. The number of rotatable bonds is 7. The molecule has 0 saturated heterocycles. The number of unbranched alkanes of at least 4 members (excludes halogenated alkanes) is 1. The molecule has 0 aliphatic carbocycles. The Morgan fingerprint density at radius 3 is 2.12 bits per heavy atom. The van der Waals surface area contributed by atoms with Crippen LogP contribution < -0.4 is 5.73 Å². The van der Waals surface area contributed by atoms with Crippen molar-refractivity contribution in [1.82, 2.24) is 0 Å². The molecule has 96 valence electrons. The first-order valence-electron chi connectivity index (χ1n) is 6.33. The van der Waals surface area contributed by atoms with E-state index in [0.29, 0.717) is 6.42 Å². The van der Waals surface area contributed by atoms with Crippen LogP contribution in [0.2, 0.25) is 0 Å². The molecule has 2 unspecified atom stereocenters. The zero-order chi connectivity index (χ0) is 12.8. The first-order chi connectivity index (χ1) is 7.31. The summed E-state index contributed by atoms with van der Waals surface area (Å²) in [6.07, 6.45) is 4.52. The Morgan fingerprint density at radius 1 is 1.19 bits per heavy atom. The van der Waals surface area contributed by atoms with Gasteiger partial charge in [0.1, 0.15) is 11.1 Å². The molecule has 0 spiro atoms. The van der Waals surface area contributed by atoms with Crippen molar-refractivity contribution in [3.05, 3.63) is 0 Å². The maximum Gasteiger partial charge on any atom is 0.326 e. The molecule has 0 aromatic carbocycles. The van der Waals surface area contributed by atoms with Crippen LogP contribution in [0.4, 0.5) is 0 Å². The summed E-state index contributed by atoms with van der Waals surface area (Å²) < 4.78 is 5.58. The van der Waals surface area contributed by atoms with Gasteiger partial charge >= 0.3 is 5.97 Å². The molecule has 2 N–H and O–H groups in total. The molecular formula is C13H27NO2. The Kier molecular flexibility index (Phi) is 6.01. The van der Waals surface area contributed by atoms with Gasteiger partial charge in [0.05, 0.1) is 0 Å². The summed E-state index contributed by atoms with van der Waals surface area (Å²) in [6.45, 7) is 9.80. The summed E-state index contributed by atoms with van der Waals surface area (Å²) >= 11 is 0. The van der Waals surface area contributed by atoms with Crippen LogP contribution in [0.25, 0.3) is 0 Å². The maximum atomic E-state index is 11.9. The van der Waals surface area contributed by atoms with Crippen molar-refractivity contribution in [3.8, 4) is 0 Å². The van der Waals surface area contributed by atoms with Crippen molar-refractivity contribution in [2.75, 3.05) is 0 Å². The molecule has 0 amide bonds. The number of carbonyl (C=O) groups excluding carboxylic acids is 1. The highest BCUT2D eigenvalue weighted by molar-refractivity contribution is 5.80. The molecule has 0 bridgehead atoms. The van der Waals surface area contributed by atoms with Crippen LogP contribution in [0.3, 0.4) is 0 Å². The summed E-state index contributed by atoms with van der Waals surface area (Å²) in [4.78, 5) is 11.9. The van der Waals surface area contributed by atoms with Gasteiger partial charge in [0, 0.05) is 0 Å². The lowest BCUT2D eigenvalue weighted by Crippen LogP contribution is -2.49. The van der Waals surface area contributed by atoms with Gasteiger partial charge in [-0.25, -0.2) is 0 Å². The van der Waals surface area contributed by atoms with Crippen molar-refractivity contribution in [3.63, 3.8) is 0 Å². The summed E-state index contributed by atoms with van der Waals surface area (Å²) in [6, 6.07) is 0. The zero-order valence-corrected chi connectivity index (χ0v) is 11.4. The van der Waals surface area contributed by atoms with E-state index in [-0.39, 0.29) is 11.6 Å². The Balaban J connectivity index is 4.47. The topological polar surface area (TPSA) is 52.3 Å². The molecular weight excluding hydrogens is 202 g/mol. The largest absolute Gasteiger partial charge is 0.458 e. The molecule has 2 atom stereocenters. The zero-order valence-electron chi connectivity index (χ0n) is 11.4. The molecule has 0 aromatic heterocycles. The van der Waals surface area contributed by atoms with E-state index in [1.165, 1.54) is 0 Å². The quantitative estimate of drug-likeness (QED) is 0.683. The van der Waals surface area contributed by atoms with Gasteiger partial charge in [0.15, 0.2) is 0 Å². The standard InChI is InChI=1S/C13H27NO2/c1-6-9-10-12(4,7-2)16-11(15)13(5,14)8-3/h6-10,14H2,1-5H3. The molecule has 0 saturated carbocycles. The van der Waals surface area contributed by atoms with Crippen LogP contribution >= 0.6 is 0 Å². The van der Waals surface area contributed by atoms with E-state index in [0.717, 1.165) is 25.7 Å². The average Bonchev–Trinajstić information content (AvgIpc) is 2.26. The minimum absolute atomic E-state index is 0.282. The third kappa shape index (κ3) is 4.52. The van der Waals surface area contributed by atoms with Gasteiger partial charge < -0.3 is 10.5 Å². The van der Waals surface area contributed by atoms with Crippen LogP contribution in [0.5, 0.6) is 0 Å². The number of nitrogens with two attached hydrogens (primary N) is 1. The fraction of sp³-hybridized carbons (Fsp3) is 0.923. The van der Waals surface area contributed by atoms with Gasteiger partial charge in [0.2, 0.25) is 0 Å². The minimum Gasteiger partial charge on any atom is -0.458 e. The van der Waals surface area contributed by atoms with E-state index < -0.39 is 5.54 Å². The molecule has 0 fully saturated rings. The van der Waals surface area contributed by atoms with E-state index in [1.807, 2.05) is 20.8 Å². The smallest absolute Gasteiger partial charge is 0.326 e. The Labute approximate surface area is 99.7 Å². The van der Waals surface area contributed by atoms with Crippen LogP contribution in [-0.2, 0) is 9.53 Å². The highest BCUT2D eigenvalue weighted by Gasteiger charge is 2.34. The highest BCUT2D eigenvalue weighted by Crippen LogP contribution is 2.25. The third-order valence-electron chi connectivity index (χ3n) is 3.35. The van der Waals surface area contributed by atoms with Crippen molar-refractivity contribution < 1.29 is 9.53 Å².